The number of nitrogens with two attached hydrogens (primary N) is 1. The standard InChI is InChI=1S/C20H23N3O3S/c1-22(11-14-7-9-15(27-2)10-8-14)13-19(24)23-12-18(20(21)25)26-17-6-4-3-5-16(17)23/h3-10,18H,11-13H2,1-2H3,(H2,21,25)/t18-/m1/s1. The molecule has 27 heavy (non-hydrogen) atoms. The van der Waals surface area contributed by atoms with Gasteiger partial charge in [0.2, 0.25) is 5.91 Å². The number of nitrogens with zero attached hydrogens (tertiary/aromatic N) is 2. The van der Waals surface area contributed by atoms with Gasteiger partial charge in [-0.05, 0) is 43.1 Å². The summed E-state index contributed by atoms with van der Waals surface area (Å²) in [5, 5.41) is 0. The Morgan fingerprint density at radius 3 is 2.59 bits per heavy atom. The van der Waals surface area contributed by atoms with E-state index in [1.54, 1.807) is 28.8 Å². The van der Waals surface area contributed by atoms with E-state index in [1.165, 1.54) is 4.90 Å². The lowest BCUT2D eigenvalue weighted by molar-refractivity contribution is -0.125. The summed E-state index contributed by atoms with van der Waals surface area (Å²) in [4.78, 5) is 29.2. The number of rotatable bonds is 6. The molecule has 2 aromatic rings. The zero-order valence-electron chi connectivity index (χ0n) is 15.4. The molecule has 7 heteroatoms. The van der Waals surface area contributed by atoms with Crippen LogP contribution in [0.4, 0.5) is 5.69 Å². The Morgan fingerprint density at radius 1 is 1.22 bits per heavy atom. The van der Waals surface area contributed by atoms with Crippen molar-refractivity contribution in [2.24, 2.45) is 5.73 Å². The normalized spacial score (nSPS) is 16.0. The fourth-order valence-corrected chi connectivity index (χ4v) is 3.44. The highest BCUT2D eigenvalue weighted by atomic mass is 32.2. The Balaban J connectivity index is 1.69. The Labute approximate surface area is 163 Å². The molecule has 3 rings (SSSR count). The number of hydrogen-bond donors (Lipinski definition) is 1. The molecule has 0 spiro atoms. The van der Waals surface area contributed by atoms with Crippen molar-refractivity contribution in [3.05, 3.63) is 54.1 Å². The highest BCUT2D eigenvalue weighted by Crippen LogP contribution is 2.33. The summed E-state index contributed by atoms with van der Waals surface area (Å²) in [5.41, 5.74) is 7.20. The SMILES string of the molecule is CSc1ccc(CN(C)CC(=O)N2C[C@H](C(N)=O)Oc3ccccc32)cc1. The summed E-state index contributed by atoms with van der Waals surface area (Å²) in [6.07, 6.45) is 1.20. The van der Waals surface area contributed by atoms with Crippen molar-refractivity contribution in [2.75, 3.05) is 31.3 Å². The van der Waals surface area contributed by atoms with Crippen molar-refractivity contribution >= 4 is 29.3 Å². The van der Waals surface area contributed by atoms with Crippen LogP contribution in [0.2, 0.25) is 0 Å². The molecule has 0 bridgehead atoms. The first kappa shape index (κ1) is 19.3. The zero-order valence-corrected chi connectivity index (χ0v) is 16.2. The second kappa shape index (κ2) is 8.45. The molecule has 142 valence electrons. The first-order valence-corrected chi connectivity index (χ1v) is 9.87. The van der Waals surface area contributed by atoms with E-state index < -0.39 is 12.0 Å². The molecule has 0 radical (unpaired) electrons. The minimum absolute atomic E-state index is 0.0970. The van der Waals surface area contributed by atoms with Crippen LogP contribution >= 0.6 is 11.8 Å². The number of benzene rings is 2. The molecule has 0 saturated heterocycles. The first-order valence-electron chi connectivity index (χ1n) is 8.64. The lowest BCUT2D eigenvalue weighted by Crippen LogP contribution is -2.51. The lowest BCUT2D eigenvalue weighted by atomic mass is 10.1. The van der Waals surface area contributed by atoms with Gasteiger partial charge < -0.3 is 15.4 Å². The van der Waals surface area contributed by atoms with E-state index in [0.29, 0.717) is 18.0 Å². The number of anilines is 1. The summed E-state index contributed by atoms with van der Waals surface area (Å²) < 4.78 is 5.61. The third kappa shape index (κ3) is 4.61. The van der Waals surface area contributed by atoms with Crippen LogP contribution in [0.3, 0.4) is 0 Å². The van der Waals surface area contributed by atoms with Crippen LogP contribution in [-0.2, 0) is 16.1 Å². The number of thioether (sulfide) groups is 1. The number of amides is 2. The molecule has 6 nitrogen and oxygen atoms in total. The lowest BCUT2D eigenvalue weighted by Gasteiger charge is -2.34. The number of fused-ring (bicyclic) bond motifs is 1. The van der Waals surface area contributed by atoms with Crippen molar-refractivity contribution < 1.29 is 14.3 Å². The fourth-order valence-electron chi connectivity index (χ4n) is 3.03. The molecule has 0 aromatic heterocycles. The van der Waals surface area contributed by atoms with Gasteiger partial charge in [-0.3, -0.25) is 14.5 Å². The highest BCUT2D eigenvalue weighted by Gasteiger charge is 2.32. The number of likely N-dealkylation sites (N-methyl/N-ethyl adjacent to an activating group) is 1. The van der Waals surface area contributed by atoms with Crippen LogP contribution in [0.25, 0.3) is 0 Å². The second-order valence-corrected chi connectivity index (χ2v) is 7.38. The van der Waals surface area contributed by atoms with Gasteiger partial charge in [0, 0.05) is 11.4 Å². The van der Waals surface area contributed by atoms with Crippen LogP contribution in [-0.4, -0.2) is 49.2 Å². The quantitative estimate of drug-likeness (QED) is 0.771. The molecule has 0 aliphatic carbocycles. The van der Waals surface area contributed by atoms with Crippen LogP contribution < -0.4 is 15.4 Å². The zero-order chi connectivity index (χ0) is 19.4. The Hall–Kier alpha value is -2.51. The van der Waals surface area contributed by atoms with Gasteiger partial charge in [-0.15, -0.1) is 11.8 Å². The summed E-state index contributed by atoms with van der Waals surface area (Å²) in [6, 6.07) is 15.5. The summed E-state index contributed by atoms with van der Waals surface area (Å²) in [5.74, 6) is -0.180. The predicted molar refractivity (Wildman–Crippen MR) is 107 cm³/mol. The van der Waals surface area contributed by atoms with E-state index in [-0.39, 0.29) is 19.0 Å². The monoisotopic (exact) mass is 385 g/mol. The first-order chi connectivity index (χ1) is 13.0. The average molecular weight is 385 g/mol. The Bertz CT molecular complexity index is 825. The number of ether oxygens (including phenoxy) is 1. The van der Waals surface area contributed by atoms with Gasteiger partial charge in [0.05, 0.1) is 18.8 Å². The van der Waals surface area contributed by atoms with Gasteiger partial charge >= 0.3 is 0 Å². The van der Waals surface area contributed by atoms with Gasteiger partial charge in [-0.2, -0.15) is 0 Å². The molecule has 0 unspecified atom stereocenters. The number of hydrogen-bond acceptors (Lipinski definition) is 5. The molecule has 2 N–H and O–H groups in total. The Morgan fingerprint density at radius 2 is 1.93 bits per heavy atom. The number of carbonyl (C=O) groups excluding carboxylic acids is 2. The van der Waals surface area contributed by atoms with Crippen molar-refractivity contribution in [1.29, 1.82) is 0 Å². The minimum Gasteiger partial charge on any atom is -0.477 e. The maximum Gasteiger partial charge on any atom is 0.260 e. The average Bonchev–Trinajstić information content (AvgIpc) is 2.67. The molecule has 0 saturated carbocycles. The Kier molecular flexibility index (Phi) is 6.03. The van der Waals surface area contributed by atoms with E-state index in [2.05, 4.69) is 24.3 Å². The molecule has 1 aliphatic heterocycles. The third-order valence-corrected chi connectivity index (χ3v) is 5.15. The molecular formula is C20H23N3O3S. The molecule has 1 atom stereocenters. The third-order valence-electron chi connectivity index (χ3n) is 4.41. The number of primary amides is 1. The van der Waals surface area contributed by atoms with Crippen molar-refractivity contribution in [3.8, 4) is 5.75 Å². The van der Waals surface area contributed by atoms with Gasteiger partial charge in [0.25, 0.3) is 5.91 Å². The molecule has 0 fully saturated rings. The van der Waals surface area contributed by atoms with Gasteiger partial charge in [0.1, 0.15) is 5.75 Å². The highest BCUT2D eigenvalue weighted by molar-refractivity contribution is 7.98. The van der Waals surface area contributed by atoms with Crippen LogP contribution in [0.1, 0.15) is 5.56 Å². The van der Waals surface area contributed by atoms with Crippen molar-refractivity contribution in [1.82, 2.24) is 4.90 Å². The summed E-state index contributed by atoms with van der Waals surface area (Å²) in [7, 11) is 1.90. The summed E-state index contributed by atoms with van der Waals surface area (Å²) >= 11 is 1.70. The summed E-state index contributed by atoms with van der Waals surface area (Å²) in [6.45, 7) is 1.01. The van der Waals surface area contributed by atoms with E-state index >= 15 is 0 Å². The molecule has 1 aliphatic rings. The maximum atomic E-state index is 12.9. The van der Waals surface area contributed by atoms with E-state index in [4.69, 9.17) is 10.5 Å². The molecular weight excluding hydrogens is 362 g/mol. The van der Waals surface area contributed by atoms with Crippen LogP contribution in [0.5, 0.6) is 5.75 Å². The smallest absolute Gasteiger partial charge is 0.260 e. The molecule has 2 aromatic carbocycles. The van der Waals surface area contributed by atoms with Crippen LogP contribution in [0, 0.1) is 0 Å². The number of carbonyl (C=O) groups is 2. The molecule has 1 heterocycles. The second-order valence-electron chi connectivity index (χ2n) is 6.50. The topological polar surface area (TPSA) is 75.9 Å². The number of para-hydroxylation sites is 2. The van der Waals surface area contributed by atoms with E-state index in [1.807, 2.05) is 30.3 Å². The minimum atomic E-state index is -0.840. The maximum absolute atomic E-state index is 12.9. The van der Waals surface area contributed by atoms with Gasteiger partial charge in [-0.1, -0.05) is 24.3 Å². The van der Waals surface area contributed by atoms with E-state index in [0.717, 1.165) is 5.56 Å². The van der Waals surface area contributed by atoms with Gasteiger partial charge in [0.15, 0.2) is 6.10 Å². The van der Waals surface area contributed by atoms with Gasteiger partial charge in [-0.25, -0.2) is 0 Å². The van der Waals surface area contributed by atoms with Crippen molar-refractivity contribution in [3.63, 3.8) is 0 Å². The molecule has 2 amide bonds. The predicted octanol–water partition coefficient (Wildman–Crippen LogP) is 2.12. The largest absolute Gasteiger partial charge is 0.477 e. The fraction of sp³-hybridized carbons (Fsp3) is 0.300. The van der Waals surface area contributed by atoms with Crippen LogP contribution in [0.15, 0.2) is 53.4 Å². The van der Waals surface area contributed by atoms with Crippen molar-refractivity contribution in [2.45, 2.75) is 17.5 Å². The van der Waals surface area contributed by atoms with E-state index in [9.17, 15) is 9.59 Å².